The van der Waals surface area contributed by atoms with E-state index in [4.69, 9.17) is 0 Å². The van der Waals surface area contributed by atoms with Crippen molar-refractivity contribution in [2.24, 2.45) is 5.92 Å². The van der Waals surface area contributed by atoms with Crippen LogP contribution in [0.5, 0.6) is 0 Å². The molecule has 2 atom stereocenters. The minimum atomic E-state index is -0.373. The lowest BCUT2D eigenvalue weighted by Crippen LogP contribution is -2.30. The molecule has 0 spiro atoms. The Hall–Kier alpha value is -0.0800. The van der Waals surface area contributed by atoms with Crippen molar-refractivity contribution in [3.8, 4) is 0 Å². The van der Waals surface area contributed by atoms with Gasteiger partial charge in [0.25, 0.3) is 0 Å². The number of aliphatic hydroxyl groups is 1. The summed E-state index contributed by atoms with van der Waals surface area (Å²) in [5.74, 6) is 0.746. The molecule has 0 aliphatic rings. The first kappa shape index (κ1) is 50.9. The van der Waals surface area contributed by atoms with Gasteiger partial charge in [-0.15, -0.1) is 0 Å². The lowest BCUT2D eigenvalue weighted by molar-refractivity contribution is 0.147. The van der Waals surface area contributed by atoms with Crippen LogP contribution >= 0.6 is 0 Å². The highest BCUT2D eigenvalue weighted by atomic mass is 16.3. The molecule has 51 heavy (non-hydrogen) atoms. The van der Waals surface area contributed by atoms with Crippen LogP contribution in [-0.4, -0.2) is 17.9 Å². The number of rotatable bonds is 46. The summed E-state index contributed by atoms with van der Waals surface area (Å²) in [5.41, 5.74) is 0. The molecule has 0 aromatic carbocycles. The zero-order valence-electron chi connectivity index (χ0n) is 36.2. The van der Waals surface area contributed by atoms with Gasteiger partial charge in [-0.25, -0.2) is 0 Å². The van der Waals surface area contributed by atoms with Gasteiger partial charge in [-0.1, -0.05) is 277 Å². The number of unbranched alkanes of at least 4 members (excludes halogenated alkanes) is 39. The van der Waals surface area contributed by atoms with Gasteiger partial charge in [-0.05, 0) is 25.7 Å². The van der Waals surface area contributed by atoms with Crippen LogP contribution in [0, 0.1) is 5.92 Å². The molecule has 0 aromatic heterocycles. The van der Waals surface area contributed by atoms with E-state index in [1.54, 1.807) is 0 Å². The third kappa shape index (κ3) is 46.0. The minimum Gasteiger partial charge on any atom is -0.379 e. The summed E-state index contributed by atoms with van der Waals surface area (Å²) >= 11 is 0. The monoisotopic (exact) mass is 720 g/mol. The van der Waals surface area contributed by atoms with Gasteiger partial charge >= 0.3 is 0 Å². The Morgan fingerprint density at radius 2 is 0.471 bits per heavy atom. The molecule has 0 aromatic rings. The molecule has 0 aliphatic heterocycles. The summed E-state index contributed by atoms with van der Waals surface area (Å²) in [7, 11) is 0. The van der Waals surface area contributed by atoms with Crippen LogP contribution in [0.1, 0.15) is 297 Å². The van der Waals surface area contributed by atoms with Crippen molar-refractivity contribution >= 4 is 0 Å². The third-order valence-corrected chi connectivity index (χ3v) is 11.9. The molecule has 0 rings (SSSR count). The molecule has 2 N–H and O–H groups in total. The fraction of sp³-hybridized carbons (Fsp3) is 1.00. The van der Waals surface area contributed by atoms with E-state index in [9.17, 15) is 5.11 Å². The Bertz CT molecular complexity index is 591. The van der Waals surface area contributed by atoms with Gasteiger partial charge < -0.3 is 5.11 Å². The maximum absolute atomic E-state index is 9.78. The highest BCUT2D eigenvalue weighted by Gasteiger charge is 2.10. The first-order chi connectivity index (χ1) is 25.2. The average Bonchev–Trinajstić information content (AvgIpc) is 3.13. The Morgan fingerprint density at radius 1 is 0.294 bits per heavy atom. The molecule has 0 saturated carbocycles. The summed E-state index contributed by atoms with van der Waals surface area (Å²) in [5, 5.41) is 13.1. The van der Waals surface area contributed by atoms with E-state index in [-0.39, 0.29) is 6.23 Å². The van der Waals surface area contributed by atoms with Crippen molar-refractivity contribution in [2.75, 3.05) is 6.54 Å². The summed E-state index contributed by atoms with van der Waals surface area (Å²) in [6.07, 6.45) is 61.8. The van der Waals surface area contributed by atoms with Crippen LogP contribution in [0.15, 0.2) is 0 Å². The van der Waals surface area contributed by atoms with Crippen molar-refractivity contribution in [2.45, 2.75) is 303 Å². The van der Waals surface area contributed by atoms with Gasteiger partial charge in [0.05, 0.1) is 0 Å². The van der Waals surface area contributed by atoms with Crippen molar-refractivity contribution < 1.29 is 5.11 Å². The lowest BCUT2D eigenvalue weighted by atomic mass is 9.93. The Labute approximate surface area is 325 Å². The van der Waals surface area contributed by atoms with Gasteiger partial charge in [-0.3, -0.25) is 5.32 Å². The van der Waals surface area contributed by atoms with E-state index in [1.807, 2.05) is 6.92 Å². The zero-order chi connectivity index (χ0) is 37.0. The maximum atomic E-state index is 9.78. The van der Waals surface area contributed by atoms with E-state index >= 15 is 0 Å². The smallest absolute Gasteiger partial charge is 0.102 e. The van der Waals surface area contributed by atoms with Gasteiger partial charge in [0, 0.05) is 6.54 Å². The predicted molar refractivity (Wildman–Crippen MR) is 233 cm³/mol. The molecule has 308 valence electrons. The van der Waals surface area contributed by atoms with Gasteiger partial charge in [0.2, 0.25) is 0 Å². The molecule has 2 nitrogen and oxygen atoms in total. The second-order valence-corrected chi connectivity index (χ2v) is 17.3. The van der Waals surface area contributed by atoms with Crippen LogP contribution in [0.2, 0.25) is 0 Å². The topological polar surface area (TPSA) is 32.3 Å². The SMILES string of the molecule is CCCCCCCCCCCCCCCCCCCCCCCC(CCCCCCCCCCCCCCCCCCCCCC)CNC(C)O. The van der Waals surface area contributed by atoms with E-state index in [2.05, 4.69) is 19.2 Å². The highest BCUT2D eigenvalue weighted by Crippen LogP contribution is 2.21. The van der Waals surface area contributed by atoms with Gasteiger partial charge in [-0.2, -0.15) is 0 Å². The van der Waals surface area contributed by atoms with Gasteiger partial charge in [0.1, 0.15) is 6.23 Å². The highest BCUT2D eigenvalue weighted by molar-refractivity contribution is 4.65. The summed E-state index contributed by atoms with van der Waals surface area (Å²) in [6, 6.07) is 0. The second kappa shape index (κ2) is 46.1. The number of hydrogen-bond acceptors (Lipinski definition) is 2. The number of aliphatic hydroxyl groups excluding tert-OH is 1. The molecule has 0 saturated heterocycles. The van der Waals surface area contributed by atoms with E-state index < -0.39 is 0 Å². The van der Waals surface area contributed by atoms with Crippen molar-refractivity contribution in [3.63, 3.8) is 0 Å². The molecule has 0 amide bonds. The zero-order valence-corrected chi connectivity index (χ0v) is 36.2. The standard InChI is InChI=1S/C49H101NO/c1-4-6-8-10-12-14-16-18-20-22-24-26-28-30-32-34-36-38-40-42-44-46-49(47-50-48(3)51)45-43-41-39-37-35-33-31-29-27-25-23-21-19-17-15-13-11-9-7-5-2/h48-51H,4-47H2,1-3H3. The Kier molecular flexibility index (Phi) is 46.0. The molecule has 0 radical (unpaired) electrons. The number of hydrogen-bond donors (Lipinski definition) is 2. The quantitative estimate of drug-likeness (QED) is 0.0485. The summed E-state index contributed by atoms with van der Waals surface area (Å²) < 4.78 is 0. The van der Waals surface area contributed by atoms with Crippen molar-refractivity contribution in [1.29, 1.82) is 0 Å². The van der Waals surface area contributed by atoms with E-state index in [0.29, 0.717) is 0 Å². The first-order valence-corrected chi connectivity index (χ1v) is 24.6. The minimum absolute atomic E-state index is 0.373. The van der Waals surface area contributed by atoms with E-state index in [1.165, 1.54) is 276 Å². The fourth-order valence-electron chi connectivity index (χ4n) is 8.24. The lowest BCUT2D eigenvalue weighted by Gasteiger charge is -2.19. The third-order valence-electron chi connectivity index (χ3n) is 11.9. The van der Waals surface area contributed by atoms with Crippen LogP contribution in [0.4, 0.5) is 0 Å². The molecule has 0 fully saturated rings. The largest absolute Gasteiger partial charge is 0.379 e. The van der Waals surface area contributed by atoms with Crippen molar-refractivity contribution in [1.82, 2.24) is 5.32 Å². The van der Waals surface area contributed by atoms with Crippen LogP contribution in [-0.2, 0) is 0 Å². The van der Waals surface area contributed by atoms with E-state index in [0.717, 1.165) is 12.5 Å². The first-order valence-electron chi connectivity index (χ1n) is 24.6. The Morgan fingerprint density at radius 3 is 0.647 bits per heavy atom. The number of nitrogens with one attached hydrogen (secondary N) is 1. The second-order valence-electron chi connectivity index (χ2n) is 17.3. The molecular formula is C49H101NO. The molecule has 0 aliphatic carbocycles. The fourth-order valence-corrected chi connectivity index (χ4v) is 8.24. The average molecular weight is 720 g/mol. The molecule has 0 heterocycles. The molecule has 0 bridgehead atoms. The predicted octanol–water partition coefficient (Wildman–Crippen LogP) is 17.3. The van der Waals surface area contributed by atoms with Crippen molar-refractivity contribution in [3.05, 3.63) is 0 Å². The molecular weight excluding hydrogens is 619 g/mol. The Balaban J connectivity index is 3.48. The summed E-state index contributed by atoms with van der Waals surface area (Å²) in [6.45, 7) is 7.48. The van der Waals surface area contributed by atoms with Crippen LogP contribution < -0.4 is 5.32 Å². The molecule has 2 unspecified atom stereocenters. The van der Waals surface area contributed by atoms with Crippen LogP contribution in [0.3, 0.4) is 0 Å². The maximum Gasteiger partial charge on any atom is 0.102 e. The van der Waals surface area contributed by atoms with Crippen LogP contribution in [0.25, 0.3) is 0 Å². The van der Waals surface area contributed by atoms with Gasteiger partial charge in [0.15, 0.2) is 0 Å². The summed E-state index contributed by atoms with van der Waals surface area (Å²) in [4.78, 5) is 0. The normalized spacial score (nSPS) is 12.9. The molecule has 2 heteroatoms.